The van der Waals surface area contributed by atoms with Crippen LogP contribution in [-0.2, 0) is 21.4 Å². The van der Waals surface area contributed by atoms with Crippen molar-refractivity contribution in [2.75, 3.05) is 16.3 Å². The summed E-state index contributed by atoms with van der Waals surface area (Å²) in [5.41, 5.74) is 0.401. The molecular formula is C11H11Cl2N5O3S. The highest BCUT2D eigenvalue weighted by Crippen LogP contribution is 2.25. The average Bonchev–Trinajstić information content (AvgIpc) is 2.77. The molecule has 1 aromatic carbocycles. The summed E-state index contributed by atoms with van der Waals surface area (Å²) in [6.45, 7) is -0.204. The molecule has 2 rings (SSSR count). The molecule has 0 radical (unpaired) electrons. The predicted octanol–water partition coefficient (Wildman–Crippen LogP) is 1.60. The minimum Gasteiger partial charge on any atom is -0.323 e. The van der Waals surface area contributed by atoms with Gasteiger partial charge in [0.25, 0.3) is 0 Å². The van der Waals surface area contributed by atoms with Gasteiger partial charge in [0.05, 0.1) is 23.2 Å². The van der Waals surface area contributed by atoms with E-state index < -0.39 is 15.9 Å². The Morgan fingerprint density at radius 3 is 2.73 bits per heavy atom. The van der Waals surface area contributed by atoms with E-state index in [9.17, 15) is 13.2 Å². The number of nitrogens with zero attached hydrogens (tertiary/aromatic N) is 3. The lowest BCUT2D eigenvalue weighted by atomic mass is 10.3. The quantitative estimate of drug-likeness (QED) is 0.838. The summed E-state index contributed by atoms with van der Waals surface area (Å²) in [6.07, 6.45) is 2.19. The molecule has 2 N–H and O–H groups in total. The van der Waals surface area contributed by atoms with Gasteiger partial charge in [-0.3, -0.25) is 9.52 Å². The normalized spacial score (nSPS) is 11.2. The molecule has 2 aromatic rings. The molecule has 0 fully saturated rings. The van der Waals surface area contributed by atoms with E-state index in [4.69, 9.17) is 23.2 Å². The van der Waals surface area contributed by atoms with Gasteiger partial charge in [0.15, 0.2) is 5.82 Å². The molecular weight excluding hydrogens is 353 g/mol. The van der Waals surface area contributed by atoms with Crippen molar-refractivity contribution in [2.24, 2.45) is 0 Å². The Morgan fingerprint density at radius 2 is 2.09 bits per heavy atom. The van der Waals surface area contributed by atoms with Gasteiger partial charge in [-0.1, -0.05) is 23.2 Å². The Balaban J connectivity index is 2.00. The molecule has 8 nitrogen and oxygen atoms in total. The number of benzene rings is 1. The number of amides is 1. The Labute approximate surface area is 136 Å². The number of rotatable bonds is 5. The van der Waals surface area contributed by atoms with Gasteiger partial charge in [-0.25, -0.2) is 8.42 Å². The maximum atomic E-state index is 11.9. The lowest BCUT2D eigenvalue weighted by Crippen LogP contribution is -2.20. The van der Waals surface area contributed by atoms with Gasteiger partial charge in [0.2, 0.25) is 15.9 Å². The minimum absolute atomic E-state index is 0.0276. The summed E-state index contributed by atoms with van der Waals surface area (Å²) in [5.74, 6) is -0.398. The van der Waals surface area contributed by atoms with Crippen LogP contribution in [-0.4, -0.2) is 35.6 Å². The molecule has 0 saturated heterocycles. The molecule has 1 heterocycles. The van der Waals surface area contributed by atoms with Crippen LogP contribution in [0.2, 0.25) is 10.0 Å². The molecule has 0 atom stereocenters. The van der Waals surface area contributed by atoms with Gasteiger partial charge >= 0.3 is 0 Å². The molecule has 0 spiro atoms. The Hall–Kier alpha value is -1.84. The lowest BCUT2D eigenvalue weighted by molar-refractivity contribution is -0.117. The van der Waals surface area contributed by atoms with Crippen molar-refractivity contribution in [1.29, 1.82) is 0 Å². The van der Waals surface area contributed by atoms with Crippen molar-refractivity contribution in [3.8, 4) is 0 Å². The van der Waals surface area contributed by atoms with Crippen molar-refractivity contribution < 1.29 is 13.2 Å². The fourth-order valence-corrected chi connectivity index (χ4v) is 2.45. The van der Waals surface area contributed by atoms with Gasteiger partial charge in [-0.05, 0) is 18.2 Å². The summed E-state index contributed by atoms with van der Waals surface area (Å²) >= 11 is 11.7. The molecule has 0 unspecified atom stereocenters. The van der Waals surface area contributed by atoms with Crippen LogP contribution >= 0.6 is 23.2 Å². The number of hydrogen-bond donors (Lipinski definition) is 2. The van der Waals surface area contributed by atoms with Crippen LogP contribution in [0.5, 0.6) is 0 Å². The summed E-state index contributed by atoms with van der Waals surface area (Å²) in [6, 6.07) is 4.65. The van der Waals surface area contributed by atoms with Crippen LogP contribution in [0.4, 0.5) is 11.5 Å². The molecule has 118 valence electrons. The second-order valence-corrected chi connectivity index (χ2v) is 6.90. The van der Waals surface area contributed by atoms with E-state index in [0.717, 1.165) is 11.1 Å². The highest BCUT2D eigenvalue weighted by atomic mass is 35.5. The van der Waals surface area contributed by atoms with Gasteiger partial charge < -0.3 is 5.32 Å². The largest absolute Gasteiger partial charge is 0.323 e. The van der Waals surface area contributed by atoms with E-state index in [1.165, 1.54) is 12.3 Å². The van der Waals surface area contributed by atoms with Crippen LogP contribution in [0.1, 0.15) is 0 Å². The predicted molar refractivity (Wildman–Crippen MR) is 83.6 cm³/mol. The summed E-state index contributed by atoms with van der Waals surface area (Å²) in [7, 11) is -3.45. The van der Waals surface area contributed by atoms with Gasteiger partial charge in [0, 0.05) is 5.02 Å². The third-order valence-corrected chi connectivity index (χ3v) is 3.44. The molecule has 0 aliphatic rings. The number of carbonyl (C=O) groups is 1. The molecule has 11 heteroatoms. The Bertz CT molecular complexity index is 806. The van der Waals surface area contributed by atoms with E-state index in [2.05, 4.69) is 20.2 Å². The molecule has 0 aliphatic carbocycles. The van der Waals surface area contributed by atoms with Crippen LogP contribution in [0.25, 0.3) is 0 Å². The summed E-state index contributed by atoms with van der Waals surface area (Å²) in [4.78, 5) is 12.9. The van der Waals surface area contributed by atoms with Crippen molar-refractivity contribution >= 4 is 50.6 Å². The number of halogens is 2. The average molecular weight is 364 g/mol. The maximum Gasteiger partial charge on any atom is 0.248 e. The minimum atomic E-state index is -3.45. The van der Waals surface area contributed by atoms with E-state index in [1.807, 2.05) is 0 Å². The van der Waals surface area contributed by atoms with Crippen molar-refractivity contribution in [1.82, 2.24) is 15.0 Å². The smallest absolute Gasteiger partial charge is 0.248 e. The first-order valence-corrected chi connectivity index (χ1v) is 8.50. The Morgan fingerprint density at radius 1 is 1.36 bits per heavy atom. The van der Waals surface area contributed by atoms with E-state index >= 15 is 0 Å². The van der Waals surface area contributed by atoms with Crippen molar-refractivity contribution in [3.05, 3.63) is 34.4 Å². The third kappa shape index (κ3) is 4.86. The van der Waals surface area contributed by atoms with Crippen molar-refractivity contribution in [3.63, 3.8) is 0 Å². The first-order valence-electron chi connectivity index (χ1n) is 5.86. The van der Waals surface area contributed by atoms with Gasteiger partial charge in [-0.2, -0.15) is 9.90 Å². The van der Waals surface area contributed by atoms with E-state index in [-0.39, 0.29) is 12.4 Å². The molecule has 22 heavy (non-hydrogen) atoms. The fraction of sp³-hybridized carbons (Fsp3) is 0.182. The maximum absolute atomic E-state index is 11.9. The van der Waals surface area contributed by atoms with Crippen LogP contribution < -0.4 is 10.0 Å². The molecule has 1 amide bonds. The molecule has 1 aromatic heterocycles. The van der Waals surface area contributed by atoms with Gasteiger partial charge in [0.1, 0.15) is 6.54 Å². The van der Waals surface area contributed by atoms with Crippen LogP contribution in [0, 0.1) is 0 Å². The number of sulfonamides is 1. The first-order chi connectivity index (χ1) is 10.2. The monoisotopic (exact) mass is 363 g/mol. The van der Waals surface area contributed by atoms with Gasteiger partial charge in [-0.15, -0.1) is 5.10 Å². The second kappa shape index (κ2) is 6.51. The zero-order chi connectivity index (χ0) is 16.3. The van der Waals surface area contributed by atoms with Crippen molar-refractivity contribution in [2.45, 2.75) is 6.54 Å². The standard InChI is InChI=1S/C11H11Cl2N5O3S/c1-22(20,21)17-10-5-14-18(16-10)6-11(19)15-9-3-2-7(12)4-8(9)13/h2-5H,6H2,1H3,(H,15,19)(H,16,17). The molecule has 0 bridgehead atoms. The molecule has 0 saturated carbocycles. The number of carbonyl (C=O) groups excluding carboxylic acids is 1. The SMILES string of the molecule is CS(=O)(=O)Nc1cnn(CC(=O)Nc2ccc(Cl)cc2Cl)n1. The Kier molecular flexibility index (Phi) is 4.89. The highest BCUT2D eigenvalue weighted by molar-refractivity contribution is 7.92. The fourth-order valence-electron chi connectivity index (χ4n) is 1.52. The number of anilines is 2. The van der Waals surface area contributed by atoms with Crippen LogP contribution in [0.15, 0.2) is 24.4 Å². The first kappa shape index (κ1) is 16.5. The van der Waals surface area contributed by atoms with Crippen LogP contribution in [0.3, 0.4) is 0 Å². The highest BCUT2D eigenvalue weighted by Gasteiger charge is 2.10. The summed E-state index contributed by atoms with van der Waals surface area (Å²) < 4.78 is 24.2. The number of nitrogens with one attached hydrogen (secondary N) is 2. The summed E-state index contributed by atoms with van der Waals surface area (Å²) in [5, 5.41) is 10.9. The molecule has 0 aliphatic heterocycles. The number of aromatic nitrogens is 3. The topological polar surface area (TPSA) is 106 Å². The third-order valence-electron chi connectivity index (χ3n) is 2.32. The lowest BCUT2D eigenvalue weighted by Gasteiger charge is -2.07. The van der Waals surface area contributed by atoms with E-state index in [1.54, 1.807) is 12.1 Å². The van der Waals surface area contributed by atoms with E-state index in [0.29, 0.717) is 15.7 Å². The zero-order valence-electron chi connectivity index (χ0n) is 11.2. The zero-order valence-corrected chi connectivity index (χ0v) is 13.6. The second-order valence-electron chi connectivity index (χ2n) is 4.31. The number of hydrogen-bond acceptors (Lipinski definition) is 5.